The maximum absolute atomic E-state index is 12.1. The Hall–Kier alpha value is -2.38. The van der Waals surface area contributed by atoms with Crippen LogP contribution >= 0.6 is 0 Å². The smallest absolute Gasteiger partial charge is 0.433 e. The summed E-state index contributed by atoms with van der Waals surface area (Å²) < 4.78 is 9.75. The third-order valence-electron chi connectivity index (χ3n) is 4.07. The number of ether oxygens (including phenoxy) is 1. The van der Waals surface area contributed by atoms with Crippen molar-refractivity contribution in [2.24, 2.45) is 5.92 Å². The number of carbonyl (C=O) groups excluding carboxylic acids is 2. The molecular weight excluding hydrogens is 304 g/mol. The van der Waals surface area contributed by atoms with Crippen LogP contribution in [0, 0.1) is 16.0 Å². The zero-order valence-electron chi connectivity index (χ0n) is 13.1. The van der Waals surface area contributed by atoms with Gasteiger partial charge in [0.15, 0.2) is 6.10 Å². The molecule has 0 aromatic carbocycles. The molecular formula is C15H20N2O6. The van der Waals surface area contributed by atoms with E-state index in [2.05, 4.69) is 12.2 Å². The molecule has 0 bridgehead atoms. The number of nitro groups is 1. The van der Waals surface area contributed by atoms with Gasteiger partial charge in [0.25, 0.3) is 5.91 Å². The summed E-state index contributed by atoms with van der Waals surface area (Å²) in [6, 6.07) is 2.29. The Morgan fingerprint density at radius 3 is 2.70 bits per heavy atom. The van der Waals surface area contributed by atoms with Crippen LogP contribution in [-0.4, -0.2) is 28.9 Å². The van der Waals surface area contributed by atoms with Gasteiger partial charge < -0.3 is 14.5 Å². The molecule has 126 valence electrons. The van der Waals surface area contributed by atoms with Crippen LogP contribution in [0.2, 0.25) is 0 Å². The van der Waals surface area contributed by atoms with Gasteiger partial charge in [0, 0.05) is 6.04 Å². The third-order valence-corrected chi connectivity index (χ3v) is 4.07. The van der Waals surface area contributed by atoms with E-state index in [1.165, 1.54) is 6.92 Å². The van der Waals surface area contributed by atoms with Crippen molar-refractivity contribution in [1.82, 2.24) is 5.32 Å². The minimum Gasteiger partial charge on any atom is -0.447 e. The van der Waals surface area contributed by atoms with Crippen LogP contribution in [-0.2, 0) is 9.53 Å². The summed E-state index contributed by atoms with van der Waals surface area (Å²) in [5.74, 6) is -1.74. The van der Waals surface area contributed by atoms with E-state index in [9.17, 15) is 19.7 Å². The first-order chi connectivity index (χ1) is 10.9. The number of furan rings is 1. The number of rotatable bonds is 5. The molecule has 1 saturated carbocycles. The minimum absolute atomic E-state index is 0.0853. The van der Waals surface area contributed by atoms with Crippen molar-refractivity contribution in [3.05, 3.63) is 28.0 Å². The fraction of sp³-hybridized carbons (Fsp3) is 0.600. The SMILES string of the molecule is C[C@H](OC(=O)c1ccc([N+](=O)[O-])o1)C(=O)N[C@H]1CCCC[C@@H]1C. The Morgan fingerprint density at radius 2 is 2.09 bits per heavy atom. The molecule has 0 radical (unpaired) electrons. The van der Waals surface area contributed by atoms with E-state index in [1.54, 1.807) is 0 Å². The summed E-state index contributed by atoms with van der Waals surface area (Å²) in [7, 11) is 0. The van der Waals surface area contributed by atoms with Crippen molar-refractivity contribution in [2.45, 2.75) is 51.7 Å². The Labute approximate surface area is 133 Å². The quantitative estimate of drug-likeness (QED) is 0.506. The van der Waals surface area contributed by atoms with Crippen LogP contribution in [0.25, 0.3) is 0 Å². The van der Waals surface area contributed by atoms with Gasteiger partial charge in [0.1, 0.15) is 4.92 Å². The molecule has 1 N–H and O–H groups in total. The van der Waals surface area contributed by atoms with Gasteiger partial charge in [-0.15, -0.1) is 0 Å². The number of amides is 1. The number of esters is 1. The van der Waals surface area contributed by atoms with Gasteiger partial charge in [-0.2, -0.15) is 0 Å². The molecule has 8 nitrogen and oxygen atoms in total. The van der Waals surface area contributed by atoms with Crippen molar-refractivity contribution in [3.63, 3.8) is 0 Å². The minimum atomic E-state index is -0.999. The molecule has 1 aromatic rings. The first-order valence-electron chi connectivity index (χ1n) is 7.64. The fourth-order valence-electron chi connectivity index (χ4n) is 2.64. The van der Waals surface area contributed by atoms with E-state index in [-0.39, 0.29) is 17.7 Å². The maximum atomic E-state index is 12.1. The zero-order valence-corrected chi connectivity index (χ0v) is 13.1. The van der Waals surface area contributed by atoms with Crippen LogP contribution < -0.4 is 5.32 Å². The van der Waals surface area contributed by atoms with E-state index in [0.717, 1.165) is 37.8 Å². The van der Waals surface area contributed by atoms with Gasteiger partial charge in [-0.25, -0.2) is 4.79 Å². The van der Waals surface area contributed by atoms with Crippen molar-refractivity contribution in [1.29, 1.82) is 0 Å². The van der Waals surface area contributed by atoms with Gasteiger partial charge in [-0.3, -0.25) is 14.9 Å². The molecule has 0 unspecified atom stereocenters. The highest BCUT2D eigenvalue weighted by atomic mass is 16.7. The van der Waals surface area contributed by atoms with Crippen molar-refractivity contribution >= 4 is 17.8 Å². The average molecular weight is 324 g/mol. The zero-order chi connectivity index (χ0) is 17.0. The number of carbonyl (C=O) groups is 2. The van der Waals surface area contributed by atoms with Crippen LogP contribution in [0.1, 0.15) is 50.1 Å². The van der Waals surface area contributed by atoms with E-state index in [1.807, 2.05) is 0 Å². The van der Waals surface area contributed by atoms with Gasteiger partial charge in [0.2, 0.25) is 5.76 Å². The molecule has 1 aliphatic carbocycles. The molecule has 1 aromatic heterocycles. The van der Waals surface area contributed by atoms with Crippen molar-refractivity contribution < 1.29 is 23.7 Å². The first-order valence-corrected chi connectivity index (χ1v) is 7.64. The van der Waals surface area contributed by atoms with E-state index in [4.69, 9.17) is 9.15 Å². The molecule has 8 heteroatoms. The molecule has 1 heterocycles. The van der Waals surface area contributed by atoms with E-state index in [0.29, 0.717) is 5.92 Å². The number of nitrogens with zero attached hydrogens (tertiary/aromatic N) is 1. The number of nitrogens with one attached hydrogen (secondary N) is 1. The molecule has 1 fully saturated rings. The van der Waals surface area contributed by atoms with Crippen LogP contribution in [0.4, 0.5) is 5.88 Å². The van der Waals surface area contributed by atoms with Crippen LogP contribution in [0.3, 0.4) is 0 Å². The second-order valence-corrected chi connectivity index (χ2v) is 5.82. The van der Waals surface area contributed by atoms with Gasteiger partial charge in [-0.1, -0.05) is 19.8 Å². The lowest BCUT2D eigenvalue weighted by Crippen LogP contribution is -2.45. The first kappa shape index (κ1) is 17.0. The predicted molar refractivity (Wildman–Crippen MR) is 79.8 cm³/mol. The third kappa shape index (κ3) is 4.30. The Morgan fingerprint density at radius 1 is 1.39 bits per heavy atom. The van der Waals surface area contributed by atoms with E-state index >= 15 is 0 Å². The largest absolute Gasteiger partial charge is 0.447 e. The van der Waals surface area contributed by atoms with Gasteiger partial charge >= 0.3 is 11.9 Å². The summed E-state index contributed by atoms with van der Waals surface area (Å²) in [4.78, 5) is 33.7. The fourth-order valence-corrected chi connectivity index (χ4v) is 2.64. The Kier molecular flexibility index (Phi) is 5.36. The molecule has 3 atom stereocenters. The van der Waals surface area contributed by atoms with Crippen LogP contribution in [0.5, 0.6) is 0 Å². The number of hydrogen-bond acceptors (Lipinski definition) is 6. The highest BCUT2D eigenvalue weighted by molar-refractivity contribution is 5.90. The Bertz CT molecular complexity index is 597. The van der Waals surface area contributed by atoms with Gasteiger partial charge in [-0.05, 0) is 31.7 Å². The lowest BCUT2D eigenvalue weighted by Gasteiger charge is -2.30. The molecule has 2 rings (SSSR count). The second kappa shape index (κ2) is 7.26. The molecule has 0 saturated heterocycles. The molecule has 0 spiro atoms. The molecule has 1 aliphatic rings. The number of hydrogen-bond donors (Lipinski definition) is 1. The highest BCUT2D eigenvalue weighted by Crippen LogP contribution is 2.24. The summed E-state index contributed by atoms with van der Waals surface area (Å²) in [5.41, 5.74) is 0. The molecule has 0 aliphatic heterocycles. The van der Waals surface area contributed by atoms with Crippen molar-refractivity contribution in [3.8, 4) is 0 Å². The lowest BCUT2D eigenvalue weighted by atomic mass is 9.86. The topological polar surface area (TPSA) is 112 Å². The van der Waals surface area contributed by atoms with Crippen molar-refractivity contribution in [2.75, 3.05) is 0 Å². The molecule has 1 amide bonds. The summed E-state index contributed by atoms with van der Waals surface area (Å²) >= 11 is 0. The second-order valence-electron chi connectivity index (χ2n) is 5.82. The summed E-state index contributed by atoms with van der Waals surface area (Å²) in [6.45, 7) is 3.54. The van der Waals surface area contributed by atoms with E-state index < -0.39 is 22.9 Å². The summed E-state index contributed by atoms with van der Waals surface area (Å²) in [5, 5.41) is 13.4. The normalized spacial score (nSPS) is 22.2. The average Bonchev–Trinajstić information content (AvgIpc) is 2.99. The highest BCUT2D eigenvalue weighted by Gasteiger charge is 2.27. The summed E-state index contributed by atoms with van der Waals surface area (Å²) in [6.07, 6.45) is 3.21. The monoisotopic (exact) mass is 324 g/mol. The van der Waals surface area contributed by atoms with Gasteiger partial charge in [0.05, 0.1) is 6.07 Å². The predicted octanol–water partition coefficient (Wildman–Crippen LogP) is 2.43. The van der Waals surface area contributed by atoms with Crippen LogP contribution in [0.15, 0.2) is 16.5 Å². The lowest BCUT2D eigenvalue weighted by molar-refractivity contribution is -0.402. The molecule has 23 heavy (non-hydrogen) atoms. The Balaban J connectivity index is 1.89. The maximum Gasteiger partial charge on any atom is 0.433 e. The standard InChI is InChI=1S/C15H20N2O6/c1-9-5-3-4-6-11(9)16-14(18)10(2)22-15(19)12-7-8-13(23-12)17(20)21/h7-11H,3-6H2,1-2H3,(H,16,18)/t9-,10-,11-/m0/s1.